The number of hydrogen-bond donors (Lipinski definition) is 2. The van der Waals surface area contributed by atoms with E-state index < -0.39 is 19.0 Å². The molecule has 4 nitrogen and oxygen atoms in total. The molecule has 0 radical (unpaired) electrons. The molecule has 0 saturated carbocycles. The van der Waals surface area contributed by atoms with Crippen LogP contribution in [0.25, 0.3) is 0 Å². The number of aromatic nitrogens is 2. The lowest BCUT2D eigenvalue weighted by molar-refractivity contribution is 0.0253. The Labute approximate surface area is 84.5 Å². The van der Waals surface area contributed by atoms with Crippen LogP contribution in [-0.4, -0.2) is 29.2 Å². The maximum absolute atomic E-state index is 12.7. The molecule has 0 saturated heterocycles. The maximum atomic E-state index is 12.7. The van der Waals surface area contributed by atoms with Gasteiger partial charge in [0.15, 0.2) is 5.15 Å². The normalized spacial score (nSPS) is 11.4. The molecule has 1 aromatic rings. The second kappa shape index (κ2) is 4.47. The summed E-state index contributed by atoms with van der Waals surface area (Å²) in [6.45, 7) is -1.28. The highest BCUT2D eigenvalue weighted by Crippen LogP contribution is 2.12. The van der Waals surface area contributed by atoms with Crippen molar-refractivity contribution >= 4 is 17.4 Å². The fourth-order valence-corrected chi connectivity index (χ4v) is 0.803. The third kappa shape index (κ3) is 3.39. The molecular weight excluding hydrogens is 214 g/mol. The molecule has 1 aromatic heterocycles. The van der Waals surface area contributed by atoms with E-state index in [0.29, 0.717) is 0 Å². The van der Waals surface area contributed by atoms with E-state index in [4.69, 9.17) is 17.3 Å². The fraction of sp³-hybridized carbons (Fsp3) is 0.429. The van der Waals surface area contributed by atoms with Gasteiger partial charge >= 0.3 is 0 Å². The second-order valence-corrected chi connectivity index (χ2v) is 3.04. The van der Waals surface area contributed by atoms with Crippen LogP contribution in [0.5, 0.6) is 0 Å². The molecule has 3 N–H and O–H groups in total. The third-order valence-electron chi connectivity index (χ3n) is 1.46. The number of rotatable bonds is 4. The van der Waals surface area contributed by atoms with Gasteiger partial charge in [0.1, 0.15) is 5.82 Å². The van der Waals surface area contributed by atoms with Crippen LogP contribution in [0.4, 0.5) is 14.6 Å². The van der Waals surface area contributed by atoms with Crippen molar-refractivity contribution in [3.05, 3.63) is 17.3 Å². The van der Waals surface area contributed by atoms with Gasteiger partial charge in [0.05, 0.1) is 13.1 Å². The van der Waals surface area contributed by atoms with Gasteiger partial charge in [-0.15, -0.1) is 10.2 Å². The minimum Gasteiger partial charge on any atom is -0.362 e. The monoisotopic (exact) mass is 222 g/mol. The van der Waals surface area contributed by atoms with Crippen molar-refractivity contribution in [2.24, 2.45) is 5.73 Å². The molecule has 0 aliphatic heterocycles. The average molecular weight is 223 g/mol. The SMILES string of the molecule is NCC(F)(F)CNc1ccc(Cl)nn1. The zero-order chi connectivity index (χ0) is 10.6. The number of nitrogens with zero attached hydrogens (tertiary/aromatic N) is 2. The van der Waals surface area contributed by atoms with Gasteiger partial charge in [0, 0.05) is 0 Å². The predicted octanol–water partition coefficient (Wildman–Crippen LogP) is 1.14. The van der Waals surface area contributed by atoms with Crippen molar-refractivity contribution in [3.8, 4) is 0 Å². The topological polar surface area (TPSA) is 63.8 Å². The van der Waals surface area contributed by atoms with E-state index in [1.165, 1.54) is 12.1 Å². The molecule has 1 heterocycles. The number of hydrogen-bond acceptors (Lipinski definition) is 4. The Bertz CT molecular complexity index is 290. The number of anilines is 1. The van der Waals surface area contributed by atoms with Gasteiger partial charge in [0.25, 0.3) is 5.92 Å². The molecule has 14 heavy (non-hydrogen) atoms. The van der Waals surface area contributed by atoms with Crippen LogP contribution in [0.15, 0.2) is 12.1 Å². The molecule has 0 aliphatic carbocycles. The standard InChI is InChI=1S/C7H9ClF2N4/c8-5-1-2-6(14-13-5)12-4-7(9,10)3-11/h1-2H,3-4,11H2,(H,12,14). The minimum atomic E-state index is -2.94. The molecule has 1 rings (SSSR count). The van der Waals surface area contributed by atoms with Gasteiger partial charge in [-0.2, -0.15) is 0 Å². The first-order valence-corrected chi connectivity index (χ1v) is 4.22. The summed E-state index contributed by atoms with van der Waals surface area (Å²) in [7, 11) is 0. The summed E-state index contributed by atoms with van der Waals surface area (Å²) in [4.78, 5) is 0. The lowest BCUT2D eigenvalue weighted by Gasteiger charge is -2.14. The molecule has 0 amide bonds. The third-order valence-corrected chi connectivity index (χ3v) is 1.66. The van der Waals surface area contributed by atoms with Crippen molar-refractivity contribution in [1.29, 1.82) is 0 Å². The number of halogens is 3. The van der Waals surface area contributed by atoms with Gasteiger partial charge in [-0.25, -0.2) is 8.78 Å². The quantitative estimate of drug-likeness (QED) is 0.802. The molecule has 0 aromatic carbocycles. The van der Waals surface area contributed by atoms with Crippen LogP contribution in [0.2, 0.25) is 5.15 Å². The Morgan fingerprint density at radius 1 is 1.43 bits per heavy atom. The van der Waals surface area contributed by atoms with Crippen molar-refractivity contribution in [1.82, 2.24) is 10.2 Å². The first kappa shape index (κ1) is 11.1. The smallest absolute Gasteiger partial charge is 0.276 e. The summed E-state index contributed by atoms with van der Waals surface area (Å²) in [6, 6.07) is 2.92. The average Bonchev–Trinajstić information content (AvgIpc) is 2.17. The van der Waals surface area contributed by atoms with Crippen LogP contribution in [0.3, 0.4) is 0 Å². The minimum absolute atomic E-state index is 0.209. The van der Waals surface area contributed by atoms with E-state index in [1.807, 2.05) is 0 Å². The summed E-state index contributed by atoms with van der Waals surface area (Å²) in [5.74, 6) is -2.70. The largest absolute Gasteiger partial charge is 0.362 e. The Balaban J connectivity index is 2.50. The summed E-state index contributed by atoms with van der Waals surface area (Å²) >= 11 is 5.46. The first-order valence-electron chi connectivity index (χ1n) is 3.84. The molecule has 78 valence electrons. The van der Waals surface area contributed by atoms with Crippen molar-refractivity contribution in [3.63, 3.8) is 0 Å². The van der Waals surface area contributed by atoms with E-state index in [-0.39, 0.29) is 11.0 Å². The van der Waals surface area contributed by atoms with Crippen LogP contribution >= 0.6 is 11.6 Å². The van der Waals surface area contributed by atoms with E-state index in [1.54, 1.807) is 0 Å². The first-order chi connectivity index (χ1) is 6.53. The predicted molar refractivity (Wildman–Crippen MR) is 49.5 cm³/mol. The Morgan fingerprint density at radius 2 is 2.14 bits per heavy atom. The maximum Gasteiger partial charge on any atom is 0.276 e. The summed E-state index contributed by atoms with van der Waals surface area (Å²) in [5, 5.41) is 9.64. The van der Waals surface area contributed by atoms with Gasteiger partial charge in [-0.3, -0.25) is 0 Å². The lowest BCUT2D eigenvalue weighted by Crippen LogP contribution is -2.35. The second-order valence-electron chi connectivity index (χ2n) is 2.65. The van der Waals surface area contributed by atoms with Gasteiger partial charge < -0.3 is 11.1 Å². The highest BCUT2D eigenvalue weighted by molar-refractivity contribution is 6.29. The van der Waals surface area contributed by atoms with Crippen LogP contribution in [0.1, 0.15) is 0 Å². The zero-order valence-corrected chi connectivity index (χ0v) is 7.93. The van der Waals surface area contributed by atoms with Crippen molar-refractivity contribution in [2.45, 2.75) is 5.92 Å². The van der Waals surface area contributed by atoms with Gasteiger partial charge in [-0.1, -0.05) is 11.6 Å². The van der Waals surface area contributed by atoms with E-state index in [0.717, 1.165) is 0 Å². The van der Waals surface area contributed by atoms with E-state index in [2.05, 4.69) is 15.5 Å². The molecule has 0 atom stereocenters. The highest BCUT2D eigenvalue weighted by Gasteiger charge is 2.26. The molecule has 0 aliphatic rings. The Hall–Kier alpha value is -1.01. The number of nitrogens with one attached hydrogen (secondary N) is 1. The van der Waals surface area contributed by atoms with Crippen LogP contribution in [-0.2, 0) is 0 Å². The molecule has 7 heteroatoms. The number of nitrogens with two attached hydrogens (primary N) is 1. The van der Waals surface area contributed by atoms with Crippen LogP contribution < -0.4 is 11.1 Å². The fourth-order valence-electron chi connectivity index (χ4n) is 0.702. The molecular formula is C7H9ClF2N4. The molecule has 0 unspecified atom stereocenters. The summed E-state index contributed by atoms with van der Waals surface area (Å²) in [6.07, 6.45) is 0. The Morgan fingerprint density at radius 3 is 2.64 bits per heavy atom. The number of alkyl halides is 2. The van der Waals surface area contributed by atoms with Gasteiger partial charge in [0.2, 0.25) is 0 Å². The Kier molecular flexibility index (Phi) is 3.54. The lowest BCUT2D eigenvalue weighted by atomic mass is 10.3. The molecule has 0 fully saturated rings. The highest BCUT2D eigenvalue weighted by atomic mass is 35.5. The summed E-state index contributed by atoms with van der Waals surface area (Å²) in [5.41, 5.74) is 4.85. The van der Waals surface area contributed by atoms with E-state index >= 15 is 0 Å². The molecule has 0 spiro atoms. The summed E-state index contributed by atoms with van der Waals surface area (Å²) < 4.78 is 25.3. The van der Waals surface area contributed by atoms with E-state index in [9.17, 15) is 8.78 Å². The van der Waals surface area contributed by atoms with Gasteiger partial charge in [-0.05, 0) is 12.1 Å². The molecule has 0 bridgehead atoms. The van der Waals surface area contributed by atoms with Crippen molar-refractivity contribution in [2.75, 3.05) is 18.4 Å². The zero-order valence-electron chi connectivity index (χ0n) is 7.17. The van der Waals surface area contributed by atoms with Crippen LogP contribution in [0, 0.1) is 0 Å². The van der Waals surface area contributed by atoms with Crippen molar-refractivity contribution < 1.29 is 8.78 Å².